The molecule has 21 heavy (non-hydrogen) atoms. The highest BCUT2D eigenvalue weighted by atomic mass is 16.5. The van der Waals surface area contributed by atoms with E-state index in [2.05, 4.69) is 15.3 Å². The highest BCUT2D eigenvalue weighted by molar-refractivity contribution is 5.97. The van der Waals surface area contributed by atoms with Crippen molar-refractivity contribution in [1.29, 1.82) is 0 Å². The number of guanidine groups is 1. The number of ether oxygens (including phenoxy) is 1. The second kappa shape index (κ2) is 5.92. The van der Waals surface area contributed by atoms with Gasteiger partial charge in [0.2, 0.25) is 5.96 Å². The molecule has 0 atom stereocenters. The number of amides is 1. The third-order valence-electron chi connectivity index (χ3n) is 2.40. The van der Waals surface area contributed by atoms with Gasteiger partial charge in [-0.25, -0.2) is 0 Å². The molecule has 1 aromatic heterocycles. The number of fused-ring (bicyclic) bond motifs is 1. The number of aromatic nitrogens is 1. The minimum Gasteiger partial charge on any atom is -0.422 e. The number of oxazole rings is 1. The molecule has 0 unspecified atom stereocenters. The fraction of sp³-hybridized carbons (Fsp3) is 0.357. The Morgan fingerprint density at radius 2 is 2.14 bits per heavy atom. The first-order valence-corrected chi connectivity index (χ1v) is 6.47. The lowest BCUT2D eigenvalue weighted by Crippen LogP contribution is -2.40. The van der Waals surface area contributed by atoms with E-state index in [-0.39, 0.29) is 24.5 Å². The van der Waals surface area contributed by atoms with Gasteiger partial charge in [-0.2, -0.15) is 9.98 Å². The summed E-state index contributed by atoms with van der Waals surface area (Å²) in [5.74, 6) is -0.480. The molecule has 7 nitrogen and oxygen atoms in total. The van der Waals surface area contributed by atoms with Gasteiger partial charge >= 0.3 is 6.01 Å². The Bertz CT molecular complexity index is 637. The van der Waals surface area contributed by atoms with Gasteiger partial charge in [0.05, 0.1) is 5.60 Å². The molecule has 0 bridgehead atoms. The number of carbonyl (C=O) groups is 1. The van der Waals surface area contributed by atoms with Crippen molar-refractivity contribution in [2.24, 2.45) is 10.7 Å². The van der Waals surface area contributed by atoms with Crippen LogP contribution in [0, 0.1) is 0 Å². The summed E-state index contributed by atoms with van der Waals surface area (Å²) in [7, 11) is 0. The van der Waals surface area contributed by atoms with Gasteiger partial charge < -0.3 is 14.9 Å². The van der Waals surface area contributed by atoms with Gasteiger partial charge in [-0.05, 0) is 32.9 Å². The van der Waals surface area contributed by atoms with Crippen LogP contribution in [-0.4, -0.2) is 29.1 Å². The molecule has 1 heterocycles. The molecule has 0 aliphatic carbocycles. The number of aliphatic imine (C=N–C) groups is 1. The van der Waals surface area contributed by atoms with Crippen LogP contribution in [-0.2, 0) is 9.53 Å². The van der Waals surface area contributed by atoms with Crippen molar-refractivity contribution in [1.82, 2.24) is 10.3 Å². The maximum Gasteiger partial charge on any atom is 0.325 e. The first kappa shape index (κ1) is 15.0. The SMILES string of the molecule is CC(C)(C)OCC(=O)NC(N)=Nc1nc2ccccc2o1. The number of nitrogens with one attached hydrogen (secondary N) is 1. The van der Waals surface area contributed by atoms with Crippen molar-refractivity contribution in [2.45, 2.75) is 26.4 Å². The van der Waals surface area contributed by atoms with E-state index in [1.165, 1.54) is 0 Å². The minimum atomic E-state index is -0.399. The van der Waals surface area contributed by atoms with E-state index in [1.807, 2.05) is 32.9 Å². The summed E-state index contributed by atoms with van der Waals surface area (Å²) < 4.78 is 10.7. The molecule has 0 aliphatic heterocycles. The fourth-order valence-corrected chi connectivity index (χ4v) is 1.50. The lowest BCUT2D eigenvalue weighted by Gasteiger charge is -2.18. The van der Waals surface area contributed by atoms with E-state index in [0.717, 1.165) is 0 Å². The third-order valence-corrected chi connectivity index (χ3v) is 2.40. The summed E-state index contributed by atoms with van der Waals surface area (Å²) >= 11 is 0. The first-order chi connectivity index (χ1) is 9.83. The van der Waals surface area contributed by atoms with E-state index in [0.29, 0.717) is 11.1 Å². The van der Waals surface area contributed by atoms with E-state index >= 15 is 0 Å². The Morgan fingerprint density at radius 3 is 2.81 bits per heavy atom. The maximum absolute atomic E-state index is 11.6. The first-order valence-electron chi connectivity index (χ1n) is 6.47. The zero-order valence-corrected chi connectivity index (χ0v) is 12.2. The molecule has 0 saturated carbocycles. The van der Waals surface area contributed by atoms with Crippen molar-refractivity contribution in [3.05, 3.63) is 24.3 Å². The Kier molecular flexibility index (Phi) is 4.23. The van der Waals surface area contributed by atoms with Crippen LogP contribution in [0.5, 0.6) is 0 Å². The van der Waals surface area contributed by atoms with E-state index in [9.17, 15) is 4.79 Å². The summed E-state index contributed by atoms with van der Waals surface area (Å²) in [6, 6.07) is 7.33. The van der Waals surface area contributed by atoms with E-state index in [4.69, 9.17) is 14.9 Å². The number of hydrogen-bond donors (Lipinski definition) is 2. The topological polar surface area (TPSA) is 103 Å². The predicted octanol–water partition coefficient (Wildman–Crippen LogP) is 1.71. The third kappa shape index (κ3) is 4.57. The maximum atomic E-state index is 11.6. The number of benzene rings is 1. The molecule has 2 aromatic rings. The average molecular weight is 290 g/mol. The average Bonchev–Trinajstić information content (AvgIpc) is 2.77. The van der Waals surface area contributed by atoms with Crippen molar-refractivity contribution >= 4 is 29.0 Å². The molecule has 3 N–H and O–H groups in total. The summed E-state index contributed by atoms with van der Waals surface area (Å²) in [6.45, 7) is 5.47. The summed E-state index contributed by atoms with van der Waals surface area (Å²) in [6.07, 6.45) is 0. The van der Waals surface area contributed by atoms with Gasteiger partial charge in [0.1, 0.15) is 12.1 Å². The van der Waals surface area contributed by atoms with Crippen LogP contribution in [0.4, 0.5) is 6.01 Å². The van der Waals surface area contributed by atoms with Gasteiger partial charge in [-0.1, -0.05) is 12.1 Å². The van der Waals surface area contributed by atoms with Crippen LogP contribution in [0.2, 0.25) is 0 Å². The normalized spacial score (nSPS) is 12.6. The monoisotopic (exact) mass is 290 g/mol. The number of nitrogens with zero attached hydrogens (tertiary/aromatic N) is 2. The second-order valence-corrected chi connectivity index (χ2v) is 5.41. The van der Waals surface area contributed by atoms with Crippen molar-refractivity contribution < 1.29 is 13.9 Å². The van der Waals surface area contributed by atoms with E-state index < -0.39 is 5.60 Å². The van der Waals surface area contributed by atoms with E-state index in [1.54, 1.807) is 12.1 Å². The van der Waals surface area contributed by atoms with Crippen LogP contribution in [0.15, 0.2) is 33.7 Å². The fourth-order valence-electron chi connectivity index (χ4n) is 1.50. The number of para-hydroxylation sites is 2. The van der Waals surface area contributed by atoms with Gasteiger partial charge in [0.15, 0.2) is 5.58 Å². The van der Waals surface area contributed by atoms with Crippen molar-refractivity contribution in [2.75, 3.05) is 6.61 Å². The predicted molar refractivity (Wildman–Crippen MR) is 79.1 cm³/mol. The Morgan fingerprint density at radius 1 is 1.43 bits per heavy atom. The summed E-state index contributed by atoms with van der Waals surface area (Å²) in [5, 5.41) is 2.41. The lowest BCUT2D eigenvalue weighted by molar-refractivity contribution is -0.129. The zero-order valence-electron chi connectivity index (χ0n) is 12.2. The number of nitrogens with two attached hydrogens (primary N) is 1. The zero-order chi connectivity index (χ0) is 15.5. The molecule has 0 radical (unpaired) electrons. The number of carbonyl (C=O) groups excluding carboxylic acids is 1. The van der Waals surface area contributed by atoms with Crippen LogP contribution in [0.25, 0.3) is 11.1 Å². The summed E-state index contributed by atoms with van der Waals surface area (Å²) in [5.41, 5.74) is 6.51. The number of rotatable bonds is 3. The molecule has 112 valence electrons. The van der Waals surface area contributed by atoms with Crippen LogP contribution in [0.3, 0.4) is 0 Å². The molecular weight excluding hydrogens is 272 g/mol. The smallest absolute Gasteiger partial charge is 0.325 e. The molecule has 7 heteroatoms. The molecule has 0 spiro atoms. The Hall–Kier alpha value is -2.41. The van der Waals surface area contributed by atoms with Gasteiger partial charge in [-0.3, -0.25) is 10.1 Å². The molecule has 2 rings (SSSR count). The molecule has 1 aromatic carbocycles. The molecule has 0 fully saturated rings. The molecule has 1 amide bonds. The molecular formula is C14H18N4O3. The van der Waals surface area contributed by atoms with Gasteiger partial charge in [0, 0.05) is 0 Å². The van der Waals surface area contributed by atoms with Crippen molar-refractivity contribution in [3.8, 4) is 0 Å². The quantitative estimate of drug-likeness (QED) is 0.661. The Labute approximate surface area is 122 Å². The number of hydrogen-bond acceptors (Lipinski definition) is 5. The summed E-state index contributed by atoms with van der Waals surface area (Å²) in [4.78, 5) is 19.7. The van der Waals surface area contributed by atoms with Crippen LogP contribution in [0.1, 0.15) is 20.8 Å². The Balaban J connectivity index is 1.99. The van der Waals surface area contributed by atoms with Crippen LogP contribution >= 0.6 is 0 Å². The highest BCUT2D eigenvalue weighted by Gasteiger charge is 2.13. The molecule has 0 aliphatic rings. The van der Waals surface area contributed by atoms with Gasteiger partial charge in [-0.15, -0.1) is 0 Å². The minimum absolute atomic E-state index is 0.0886. The van der Waals surface area contributed by atoms with Crippen LogP contribution < -0.4 is 11.1 Å². The van der Waals surface area contributed by atoms with Crippen molar-refractivity contribution in [3.63, 3.8) is 0 Å². The largest absolute Gasteiger partial charge is 0.422 e. The molecule has 0 saturated heterocycles. The highest BCUT2D eigenvalue weighted by Crippen LogP contribution is 2.19. The second-order valence-electron chi connectivity index (χ2n) is 5.41. The standard InChI is InChI=1S/C14H18N4O3/c1-14(2,3)20-8-11(19)17-12(15)18-13-16-9-6-4-5-7-10(9)21-13/h4-7H,8H2,1-3H3,(H3,15,16,17,18,19). The van der Waals surface area contributed by atoms with Gasteiger partial charge in [0.25, 0.3) is 5.91 Å². The lowest BCUT2D eigenvalue weighted by atomic mass is 10.2.